The highest BCUT2D eigenvalue weighted by atomic mass is 16.5. The third-order valence-electron chi connectivity index (χ3n) is 5.11. The maximum absolute atomic E-state index is 13.0. The van der Waals surface area contributed by atoms with E-state index in [9.17, 15) is 9.59 Å². The van der Waals surface area contributed by atoms with E-state index in [4.69, 9.17) is 9.26 Å². The molecule has 0 spiro atoms. The summed E-state index contributed by atoms with van der Waals surface area (Å²) in [4.78, 5) is 29.1. The molecule has 8 nitrogen and oxygen atoms in total. The molecule has 0 aliphatic carbocycles. The predicted octanol–water partition coefficient (Wildman–Crippen LogP) is 1.53. The van der Waals surface area contributed by atoms with Crippen molar-refractivity contribution in [3.63, 3.8) is 0 Å². The second-order valence-electron chi connectivity index (χ2n) is 6.95. The van der Waals surface area contributed by atoms with E-state index in [0.29, 0.717) is 43.4 Å². The molecule has 8 heteroatoms. The summed E-state index contributed by atoms with van der Waals surface area (Å²) in [6.07, 6.45) is 2.04. The molecule has 0 bridgehead atoms. The lowest BCUT2D eigenvalue weighted by Crippen LogP contribution is -2.40. The number of hydrogen-bond donors (Lipinski definition) is 1. The molecule has 0 unspecified atom stereocenters. The van der Waals surface area contributed by atoms with Crippen LogP contribution < -0.4 is 10.2 Å². The Bertz CT molecular complexity index is 824. The van der Waals surface area contributed by atoms with E-state index in [1.54, 1.807) is 4.90 Å². The van der Waals surface area contributed by atoms with Crippen LogP contribution in [0.5, 0.6) is 0 Å². The average molecular weight is 384 g/mol. The molecule has 2 saturated heterocycles. The van der Waals surface area contributed by atoms with Crippen LogP contribution in [0.25, 0.3) is 11.3 Å². The summed E-state index contributed by atoms with van der Waals surface area (Å²) in [7, 11) is 0. The molecule has 0 saturated carbocycles. The molecule has 4 rings (SSSR count). The van der Waals surface area contributed by atoms with E-state index in [1.165, 1.54) is 0 Å². The number of amides is 2. The highest BCUT2D eigenvalue weighted by molar-refractivity contribution is 6.05. The number of nitrogens with zero attached hydrogens (tertiary/aromatic N) is 3. The van der Waals surface area contributed by atoms with Crippen LogP contribution in [0.1, 0.15) is 23.2 Å². The van der Waals surface area contributed by atoms with Crippen molar-refractivity contribution in [2.75, 3.05) is 50.8 Å². The van der Waals surface area contributed by atoms with Crippen LogP contribution in [-0.4, -0.2) is 67.8 Å². The quantitative estimate of drug-likeness (QED) is 0.841. The molecule has 28 heavy (non-hydrogen) atoms. The van der Waals surface area contributed by atoms with Crippen LogP contribution in [0, 0.1) is 0 Å². The lowest BCUT2D eigenvalue weighted by atomic mass is 10.1. The van der Waals surface area contributed by atoms with E-state index < -0.39 is 0 Å². The number of benzene rings is 1. The fourth-order valence-electron chi connectivity index (χ4n) is 3.59. The van der Waals surface area contributed by atoms with Gasteiger partial charge in [-0.3, -0.25) is 9.59 Å². The Labute approximate surface area is 163 Å². The van der Waals surface area contributed by atoms with Gasteiger partial charge in [0, 0.05) is 31.7 Å². The van der Waals surface area contributed by atoms with Crippen LogP contribution >= 0.6 is 0 Å². The number of aromatic nitrogens is 1. The average Bonchev–Trinajstić information content (AvgIpc) is 3.43. The molecule has 0 atom stereocenters. The minimum atomic E-state index is -0.353. The van der Waals surface area contributed by atoms with E-state index in [1.807, 2.05) is 35.2 Å². The van der Waals surface area contributed by atoms with Crippen molar-refractivity contribution in [3.8, 4) is 11.3 Å². The first-order chi connectivity index (χ1) is 13.7. The van der Waals surface area contributed by atoms with Crippen LogP contribution in [0.2, 0.25) is 0 Å². The largest absolute Gasteiger partial charge is 0.378 e. The molecule has 2 amide bonds. The first-order valence-corrected chi connectivity index (χ1v) is 9.68. The Morgan fingerprint density at radius 2 is 1.75 bits per heavy atom. The van der Waals surface area contributed by atoms with Gasteiger partial charge in [-0.15, -0.1) is 0 Å². The number of morpholine rings is 1. The first kappa shape index (κ1) is 18.5. The van der Waals surface area contributed by atoms with Gasteiger partial charge in [0.2, 0.25) is 5.91 Å². The standard InChI is InChI=1S/C20H24N4O4/c25-16(23-8-4-5-9-23)14-21-20(26)17-18(15-6-2-1-3-7-15)28-22-19(17)24-10-12-27-13-11-24/h1-3,6-7H,4-5,8-14H2,(H,21,26). The lowest BCUT2D eigenvalue weighted by Gasteiger charge is -2.27. The number of hydrogen-bond acceptors (Lipinski definition) is 6. The molecule has 2 fully saturated rings. The Morgan fingerprint density at radius 3 is 2.46 bits per heavy atom. The predicted molar refractivity (Wildman–Crippen MR) is 103 cm³/mol. The van der Waals surface area contributed by atoms with E-state index in [-0.39, 0.29) is 18.4 Å². The molecule has 1 N–H and O–H groups in total. The van der Waals surface area contributed by atoms with Gasteiger partial charge in [-0.1, -0.05) is 35.5 Å². The molecule has 2 aliphatic rings. The van der Waals surface area contributed by atoms with Crippen LogP contribution in [-0.2, 0) is 9.53 Å². The molecule has 148 valence electrons. The fraction of sp³-hybridized carbons (Fsp3) is 0.450. The summed E-state index contributed by atoms with van der Waals surface area (Å²) in [5.74, 6) is 0.493. The van der Waals surface area contributed by atoms with Crippen molar-refractivity contribution in [2.45, 2.75) is 12.8 Å². The van der Waals surface area contributed by atoms with Gasteiger partial charge in [0.05, 0.1) is 19.8 Å². The number of nitrogens with one attached hydrogen (secondary N) is 1. The highest BCUT2D eigenvalue weighted by Crippen LogP contribution is 2.31. The zero-order chi connectivity index (χ0) is 19.3. The van der Waals surface area contributed by atoms with E-state index in [0.717, 1.165) is 31.5 Å². The number of carbonyl (C=O) groups excluding carboxylic acids is 2. The minimum Gasteiger partial charge on any atom is -0.378 e. The van der Waals surface area contributed by atoms with Gasteiger partial charge in [-0.2, -0.15) is 0 Å². The second-order valence-corrected chi connectivity index (χ2v) is 6.95. The zero-order valence-electron chi connectivity index (χ0n) is 15.7. The van der Waals surface area contributed by atoms with Crippen molar-refractivity contribution in [3.05, 3.63) is 35.9 Å². The molecule has 1 aromatic carbocycles. The summed E-state index contributed by atoms with van der Waals surface area (Å²) in [6.45, 7) is 3.90. The summed E-state index contributed by atoms with van der Waals surface area (Å²) in [6, 6.07) is 9.40. The van der Waals surface area contributed by atoms with Gasteiger partial charge < -0.3 is 24.4 Å². The maximum Gasteiger partial charge on any atom is 0.259 e. The monoisotopic (exact) mass is 384 g/mol. The molecule has 0 radical (unpaired) electrons. The Balaban J connectivity index is 1.58. The summed E-state index contributed by atoms with van der Waals surface area (Å²) in [5.41, 5.74) is 1.13. The minimum absolute atomic E-state index is 0.0270. The van der Waals surface area contributed by atoms with Crippen LogP contribution in [0.4, 0.5) is 5.82 Å². The molecular weight excluding hydrogens is 360 g/mol. The number of ether oxygens (including phenoxy) is 1. The third-order valence-corrected chi connectivity index (χ3v) is 5.11. The molecule has 3 heterocycles. The summed E-state index contributed by atoms with van der Waals surface area (Å²) >= 11 is 0. The Hall–Kier alpha value is -2.87. The molecule has 2 aromatic rings. The summed E-state index contributed by atoms with van der Waals surface area (Å²) < 4.78 is 11.0. The number of rotatable bonds is 5. The van der Waals surface area contributed by atoms with Crippen molar-refractivity contribution >= 4 is 17.6 Å². The molecular formula is C20H24N4O4. The summed E-state index contributed by atoms with van der Waals surface area (Å²) in [5, 5.41) is 6.94. The fourth-order valence-corrected chi connectivity index (χ4v) is 3.59. The smallest absolute Gasteiger partial charge is 0.259 e. The van der Waals surface area contributed by atoms with Gasteiger partial charge in [0.25, 0.3) is 5.91 Å². The molecule has 2 aliphatic heterocycles. The van der Waals surface area contributed by atoms with Gasteiger partial charge in [0.1, 0.15) is 5.56 Å². The van der Waals surface area contributed by atoms with Crippen molar-refractivity contribution < 1.29 is 18.8 Å². The number of anilines is 1. The van der Waals surface area contributed by atoms with Gasteiger partial charge in [-0.25, -0.2) is 0 Å². The van der Waals surface area contributed by atoms with Gasteiger partial charge >= 0.3 is 0 Å². The zero-order valence-corrected chi connectivity index (χ0v) is 15.7. The third kappa shape index (κ3) is 3.87. The molecule has 1 aromatic heterocycles. The SMILES string of the molecule is O=C(NCC(=O)N1CCCC1)c1c(N2CCOCC2)noc1-c1ccccc1. The topological polar surface area (TPSA) is 87.9 Å². The first-order valence-electron chi connectivity index (χ1n) is 9.68. The van der Waals surface area contributed by atoms with Crippen molar-refractivity contribution in [2.24, 2.45) is 0 Å². The second kappa shape index (κ2) is 8.43. The van der Waals surface area contributed by atoms with Gasteiger partial charge in [0.15, 0.2) is 11.6 Å². The number of carbonyl (C=O) groups is 2. The van der Waals surface area contributed by atoms with Crippen molar-refractivity contribution in [1.82, 2.24) is 15.4 Å². The van der Waals surface area contributed by atoms with Crippen molar-refractivity contribution in [1.29, 1.82) is 0 Å². The Kier molecular flexibility index (Phi) is 5.57. The lowest BCUT2D eigenvalue weighted by molar-refractivity contribution is -0.129. The number of likely N-dealkylation sites (tertiary alicyclic amines) is 1. The normalized spacial score (nSPS) is 17.0. The Morgan fingerprint density at radius 1 is 1.04 bits per heavy atom. The maximum atomic E-state index is 13.0. The van der Waals surface area contributed by atoms with E-state index in [2.05, 4.69) is 10.5 Å². The van der Waals surface area contributed by atoms with Gasteiger partial charge in [-0.05, 0) is 12.8 Å². The highest BCUT2D eigenvalue weighted by Gasteiger charge is 2.29. The van der Waals surface area contributed by atoms with E-state index >= 15 is 0 Å². The van der Waals surface area contributed by atoms with Crippen LogP contribution in [0.15, 0.2) is 34.9 Å². The van der Waals surface area contributed by atoms with Crippen LogP contribution in [0.3, 0.4) is 0 Å².